The molecular weight excluding hydrogens is 674 g/mol. The number of hydrogen-bond acceptors (Lipinski definition) is 12. The number of anilines is 1. The summed E-state index contributed by atoms with van der Waals surface area (Å²) in [6.45, 7) is 1.39. The van der Waals surface area contributed by atoms with Crippen LogP contribution in [0.1, 0.15) is 52.1 Å². The van der Waals surface area contributed by atoms with Crippen LogP contribution < -0.4 is 19.1 Å². The molecule has 3 aliphatic carbocycles. The fourth-order valence-corrected chi connectivity index (χ4v) is 7.34. The molecule has 1 heterocycles. The van der Waals surface area contributed by atoms with Gasteiger partial charge >= 0.3 is 18.0 Å². The van der Waals surface area contributed by atoms with Gasteiger partial charge in [0.15, 0.2) is 5.78 Å². The van der Waals surface area contributed by atoms with E-state index in [9.17, 15) is 19.5 Å². The molecule has 268 valence electrons. The van der Waals surface area contributed by atoms with Crippen molar-refractivity contribution in [2.75, 3.05) is 54.2 Å². The Bertz CT molecular complexity index is 2140. The summed E-state index contributed by atoms with van der Waals surface area (Å²) >= 11 is 0. The normalized spacial score (nSPS) is 21.1. The van der Waals surface area contributed by atoms with Gasteiger partial charge in [-0.2, -0.15) is 0 Å². The number of amides is 1. The van der Waals surface area contributed by atoms with Crippen LogP contribution >= 0.6 is 0 Å². The minimum atomic E-state index is -1.49. The number of ketones is 1. The predicted molar refractivity (Wildman–Crippen MR) is 185 cm³/mol. The number of nitrogens with zero attached hydrogens (tertiary/aromatic N) is 1. The molecule has 2 aromatic rings. The van der Waals surface area contributed by atoms with Crippen molar-refractivity contribution in [3.05, 3.63) is 75.1 Å². The number of ether oxygens (including phenoxy) is 7. The summed E-state index contributed by atoms with van der Waals surface area (Å²) in [5.74, 6) is 9.37. The van der Waals surface area contributed by atoms with Gasteiger partial charge in [-0.25, -0.2) is 9.59 Å². The summed E-state index contributed by atoms with van der Waals surface area (Å²) in [7, 11) is 8.08. The third-order valence-corrected chi connectivity index (χ3v) is 9.52. The molecule has 0 spiro atoms. The zero-order chi connectivity index (χ0) is 37.4. The molecule has 0 radical (unpaired) electrons. The number of esters is 2. The summed E-state index contributed by atoms with van der Waals surface area (Å²) in [6.07, 6.45) is 0.331. The molecule has 13 heteroatoms. The number of fused-ring (bicyclic) bond motifs is 4. The number of carbonyl (C=O) groups is 4. The summed E-state index contributed by atoms with van der Waals surface area (Å²) in [5, 5.41) is 12.1. The van der Waals surface area contributed by atoms with Crippen molar-refractivity contribution in [3.8, 4) is 40.9 Å². The molecule has 2 aromatic carbocycles. The van der Waals surface area contributed by atoms with Gasteiger partial charge in [0.05, 0.1) is 71.5 Å². The van der Waals surface area contributed by atoms with Gasteiger partial charge < -0.3 is 38.3 Å². The number of aliphatic hydroxyl groups excluding tert-OH is 1. The maximum Gasteiger partial charge on any atom is 0.415 e. The molecule has 4 bridgehead atoms. The standard InChI is InChI=1S/C39H35NO12/c1-19-27-22-13-11-9-8-10-12-20(37(50-6)28(19)38(44)51-7)29(27)21-18-25(48-4)32-33(34(21)40(22)39(45)52-17-16-26(41)49-5)36(43)31-24(47-3)15-14-23(46-2)30(31)35(32)42/h8-9,14-15,18-20,22,35,42H,16-17H2,1-7H3/b9-8-/t19-,20+,22+,35?/m1/s1. The minimum absolute atomic E-state index is 0.0154. The second-order valence-electron chi connectivity index (χ2n) is 11.9. The van der Waals surface area contributed by atoms with Crippen LogP contribution in [0, 0.1) is 35.5 Å². The topological polar surface area (TPSA) is 156 Å². The Labute approximate surface area is 299 Å². The maximum atomic E-state index is 15.0. The van der Waals surface area contributed by atoms with Gasteiger partial charge in [0.1, 0.15) is 47.7 Å². The first-order chi connectivity index (χ1) is 25.1. The van der Waals surface area contributed by atoms with Crippen molar-refractivity contribution in [3.63, 3.8) is 0 Å². The van der Waals surface area contributed by atoms with Crippen LogP contribution in [0.4, 0.5) is 10.5 Å². The Kier molecular flexibility index (Phi) is 9.74. The molecule has 1 unspecified atom stereocenters. The van der Waals surface area contributed by atoms with Crippen LogP contribution in [0.15, 0.2) is 47.3 Å². The monoisotopic (exact) mass is 709 g/mol. The van der Waals surface area contributed by atoms with Gasteiger partial charge in [-0.05, 0) is 41.5 Å². The average Bonchev–Trinajstić information content (AvgIpc) is 3.16. The predicted octanol–water partition coefficient (Wildman–Crippen LogP) is 3.90. The fraction of sp³-hybridized carbons (Fsp3) is 0.333. The Hall–Kier alpha value is -6.18. The van der Waals surface area contributed by atoms with E-state index in [1.807, 2.05) is 0 Å². The number of rotatable bonds is 8. The highest BCUT2D eigenvalue weighted by Crippen LogP contribution is 2.57. The third-order valence-electron chi connectivity index (χ3n) is 9.52. The van der Waals surface area contributed by atoms with E-state index in [-0.39, 0.29) is 69.5 Å². The SMILES string of the molecule is COC(=O)CCOC(=O)N1c2c(cc(OC)c3c2C(=O)c2c(OC)ccc(OC)c2C3O)C2=C3[C@@H](C)C(C(=O)OC)=C(OC)[C@H]2C#C/C=C\C#C[C@@H]31. The van der Waals surface area contributed by atoms with Crippen LogP contribution in [0.25, 0.3) is 5.57 Å². The van der Waals surface area contributed by atoms with Crippen molar-refractivity contribution in [1.82, 2.24) is 0 Å². The van der Waals surface area contributed by atoms with E-state index in [2.05, 4.69) is 23.7 Å². The van der Waals surface area contributed by atoms with Crippen molar-refractivity contribution in [2.45, 2.75) is 25.5 Å². The maximum absolute atomic E-state index is 15.0. The molecule has 52 heavy (non-hydrogen) atoms. The first-order valence-corrected chi connectivity index (χ1v) is 16.1. The number of carbonyl (C=O) groups excluding carboxylic acids is 4. The van der Waals surface area contributed by atoms with Gasteiger partial charge in [0.2, 0.25) is 0 Å². The van der Waals surface area contributed by atoms with Crippen LogP contribution in [-0.4, -0.2) is 84.2 Å². The lowest BCUT2D eigenvalue weighted by Crippen LogP contribution is -2.49. The van der Waals surface area contributed by atoms with Crippen LogP contribution in [0.2, 0.25) is 0 Å². The smallest absolute Gasteiger partial charge is 0.415 e. The molecule has 0 saturated carbocycles. The summed E-state index contributed by atoms with van der Waals surface area (Å²) in [4.78, 5) is 56.1. The molecule has 4 aliphatic rings. The number of aliphatic hydroxyl groups is 1. The molecule has 1 N–H and O–H groups in total. The van der Waals surface area contributed by atoms with Crippen LogP contribution in [-0.2, 0) is 28.5 Å². The molecule has 0 aromatic heterocycles. The molecule has 1 aliphatic heterocycles. The van der Waals surface area contributed by atoms with Gasteiger partial charge in [-0.1, -0.05) is 30.6 Å². The van der Waals surface area contributed by atoms with Crippen molar-refractivity contribution < 1.29 is 57.4 Å². The van der Waals surface area contributed by atoms with E-state index >= 15 is 4.79 Å². The fourth-order valence-electron chi connectivity index (χ4n) is 7.34. The van der Waals surface area contributed by atoms with Gasteiger partial charge in [-0.15, -0.1) is 0 Å². The van der Waals surface area contributed by atoms with Gasteiger partial charge in [0.25, 0.3) is 0 Å². The second kappa shape index (κ2) is 14.2. The Balaban J connectivity index is 1.75. The molecule has 1 amide bonds. The lowest BCUT2D eigenvalue weighted by molar-refractivity contribution is -0.141. The van der Waals surface area contributed by atoms with E-state index in [1.165, 1.54) is 59.7 Å². The summed E-state index contributed by atoms with van der Waals surface area (Å²) in [5.41, 5.74) is 1.67. The number of methoxy groups -OCH3 is 6. The zero-order valence-corrected chi connectivity index (χ0v) is 29.5. The lowest BCUT2D eigenvalue weighted by atomic mass is 9.67. The zero-order valence-electron chi connectivity index (χ0n) is 29.5. The molecule has 13 nitrogen and oxygen atoms in total. The molecule has 0 saturated heterocycles. The minimum Gasteiger partial charge on any atom is -0.499 e. The lowest BCUT2D eigenvalue weighted by Gasteiger charge is -2.45. The number of hydrogen-bond donors (Lipinski definition) is 1. The largest absolute Gasteiger partial charge is 0.499 e. The highest BCUT2D eigenvalue weighted by Gasteiger charge is 2.51. The van der Waals surface area contributed by atoms with Gasteiger partial charge in [0, 0.05) is 22.6 Å². The Morgan fingerprint density at radius 2 is 1.50 bits per heavy atom. The second-order valence-corrected chi connectivity index (χ2v) is 11.9. The highest BCUT2D eigenvalue weighted by atomic mass is 16.6. The van der Waals surface area contributed by atoms with Crippen LogP contribution in [0.3, 0.4) is 0 Å². The van der Waals surface area contributed by atoms with E-state index in [0.29, 0.717) is 16.7 Å². The van der Waals surface area contributed by atoms with E-state index in [4.69, 9.17) is 33.2 Å². The quantitative estimate of drug-likeness (QED) is 0.240. The molecule has 0 fully saturated rings. The van der Waals surface area contributed by atoms with Gasteiger partial charge in [-0.3, -0.25) is 14.5 Å². The number of allylic oxidation sites excluding steroid dienone is 3. The Morgan fingerprint density at radius 1 is 0.846 bits per heavy atom. The van der Waals surface area contributed by atoms with E-state index in [1.54, 1.807) is 25.1 Å². The average molecular weight is 710 g/mol. The molecule has 4 atom stereocenters. The van der Waals surface area contributed by atoms with Crippen LogP contribution in [0.5, 0.6) is 17.2 Å². The molecule has 6 rings (SSSR count). The highest BCUT2D eigenvalue weighted by molar-refractivity contribution is 6.21. The summed E-state index contributed by atoms with van der Waals surface area (Å²) < 4.78 is 38.5. The van der Waals surface area contributed by atoms with Crippen molar-refractivity contribution in [1.29, 1.82) is 0 Å². The first-order valence-electron chi connectivity index (χ1n) is 16.1. The first kappa shape index (κ1) is 35.6. The van der Waals surface area contributed by atoms with E-state index < -0.39 is 47.8 Å². The van der Waals surface area contributed by atoms with Crippen molar-refractivity contribution >= 4 is 35.1 Å². The Morgan fingerprint density at radius 3 is 2.13 bits per heavy atom. The molecular formula is C39H35NO12. The number of benzene rings is 2. The third kappa shape index (κ3) is 5.41. The van der Waals surface area contributed by atoms with Crippen molar-refractivity contribution in [2.24, 2.45) is 11.8 Å². The summed E-state index contributed by atoms with van der Waals surface area (Å²) in [6, 6.07) is 3.57. The van der Waals surface area contributed by atoms with E-state index in [0.717, 1.165) is 0 Å².